The first kappa shape index (κ1) is 19.7. The van der Waals surface area contributed by atoms with Crippen LogP contribution in [0.3, 0.4) is 0 Å². The summed E-state index contributed by atoms with van der Waals surface area (Å²) in [5.41, 5.74) is 1.61. The smallest absolute Gasteiger partial charge is 0.338 e. The first-order chi connectivity index (χ1) is 13.5. The van der Waals surface area contributed by atoms with Gasteiger partial charge in [-0.25, -0.2) is 9.18 Å². The predicted octanol–water partition coefficient (Wildman–Crippen LogP) is 2.65. The van der Waals surface area contributed by atoms with Gasteiger partial charge in [-0.2, -0.15) is 0 Å². The van der Waals surface area contributed by atoms with E-state index in [9.17, 15) is 14.0 Å². The normalized spacial score (nSPS) is 14.0. The molecule has 1 fully saturated rings. The van der Waals surface area contributed by atoms with E-state index in [-0.39, 0.29) is 18.1 Å². The molecule has 0 atom stereocenters. The number of esters is 1. The topological polar surface area (TPSA) is 59.1 Å². The Morgan fingerprint density at radius 2 is 1.71 bits per heavy atom. The molecule has 148 valence electrons. The fraction of sp³-hybridized carbons (Fsp3) is 0.333. The monoisotopic (exact) mass is 386 g/mol. The van der Waals surface area contributed by atoms with Crippen LogP contribution in [-0.4, -0.2) is 56.7 Å². The van der Waals surface area contributed by atoms with E-state index in [1.807, 2.05) is 24.3 Å². The minimum Gasteiger partial charge on any atom is -0.497 e. The second-order valence-electron chi connectivity index (χ2n) is 6.61. The molecule has 0 N–H and O–H groups in total. The lowest BCUT2D eigenvalue weighted by atomic mass is 10.1. The van der Waals surface area contributed by atoms with Crippen LogP contribution in [-0.2, 0) is 9.53 Å². The first-order valence-corrected chi connectivity index (χ1v) is 9.08. The third-order valence-corrected chi connectivity index (χ3v) is 4.80. The number of halogens is 1. The number of carbonyl (C=O) groups is 2. The van der Waals surface area contributed by atoms with Gasteiger partial charge in [-0.1, -0.05) is 6.07 Å². The van der Waals surface area contributed by atoms with E-state index in [2.05, 4.69) is 4.90 Å². The zero-order chi connectivity index (χ0) is 20.1. The number of ether oxygens (including phenoxy) is 2. The summed E-state index contributed by atoms with van der Waals surface area (Å²) in [6.45, 7) is 3.73. The fourth-order valence-electron chi connectivity index (χ4n) is 3.03. The second-order valence-corrected chi connectivity index (χ2v) is 6.61. The van der Waals surface area contributed by atoms with Crippen LogP contribution in [0.4, 0.5) is 10.1 Å². The van der Waals surface area contributed by atoms with Crippen molar-refractivity contribution in [2.75, 3.05) is 44.8 Å². The number of hydrogen-bond donors (Lipinski definition) is 0. The SMILES string of the molecule is COc1ccc(N2CCN(C(=O)COC(=O)c3ccc(C)c(F)c3)CC2)cc1. The van der Waals surface area contributed by atoms with Gasteiger partial charge < -0.3 is 19.3 Å². The Morgan fingerprint density at radius 3 is 2.32 bits per heavy atom. The van der Waals surface area contributed by atoms with E-state index in [4.69, 9.17) is 9.47 Å². The molecule has 6 nitrogen and oxygen atoms in total. The molecule has 1 aliphatic rings. The Bertz CT molecular complexity index is 846. The zero-order valence-electron chi connectivity index (χ0n) is 16.0. The van der Waals surface area contributed by atoms with Gasteiger partial charge in [-0.3, -0.25) is 4.79 Å². The minimum atomic E-state index is -0.705. The van der Waals surface area contributed by atoms with Gasteiger partial charge in [0.25, 0.3) is 5.91 Å². The molecule has 0 saturated carbocycles. The van der Waals surface area contributed by atoms with Crippen molar-refractivity contribution in [3.05, 3.63) is 59.4 Å². The van der Waals surface area contributed by atoms with Gasteiger partial charge in [-0.15, -0.1) is 0 Å². The highest BCUT2D eigenvalue weighted by molar-refractivity contribution is 5.91. The maximum absolute atomic E-state index is 13.6. The molecule has 0 bridgehead atoms. The number of benzene rings is 2. The van der Waals surface area contributed by atoms with Gasteiger partial charge in [-0.05, 0) is 48.9 Å². The predicted molar refractivity (Wildman–Crippen MR) is 103 cm³/mol. The average molecular weight is 386 g/mol. The molecular weight excluding hydrogens is 363 g/mol. The van der Waals surface area contributed by atoms with Gasteiger partial charge >= 0.3 is 5.97 Å². The number of rotatable bonds is 5. The molecule has 0 unspecified atom stereocenters. The largest absolute Gasteiger partial charge is 0.497 e. The Balaban J connectivity index is 1.48. The van der Waals surface area contributed by atoms with Crippen LogP contribution in [0.25, 0.3) is 0 Å². The average Bonchev–Trinajstić information content (AvgIpc) is 2.74. The lowest BCUT2D eigenvalue weighted by Gasteiger charge is -2.36. The summed E-state index contributed by atoms with van der Waals surface area (Å²) < 4.78 is 23.8. The number of piperazine rings is 1. The number of hydrogen-bond acceptors (Lipinski definition) is 5. The number of carbonyl (C=O) groups excluding carboxylic acids is 2. The molecule has 28 heavy (non-hydrogen) atoms. The van der Waals surface area contributed by atoms with Gasteiger partial charge in [0.1, 0.15) is 11.6 Å². The summed E-state index contributed by atoms with van der Waals surface area (Å²) in [4.78, 5) is 28.2. The molecular formula is C21H23FN2O4. The quantitative estimate of drug-likeness (QED) is 0.740. The molecule has 0 radical (unpaired) electrons. The van der Waals surface area contributed by atoms with Crippen LogP contribution in [0.1, 0.15) is 15.9 Å². The van der Waals surface area contributed by atoms with Gasteiger partial charge in [0.15, 0.2) is 6.61 Å². The van der Waals surface area contributed by atoms with Gasteiger partial charge in [0, 0.05) is 31.9 Å². The van der Waals surface area contributed by atoms with Crippen LogP contribution >= 0.6 is 0 Å². The Labute approximate surface area is 163 Å². The van der Waals surface area contributed by atoms with Crippen molar-refractivity contribution < 1.29 is 23.5 Å². The van der Waals surface area contributed by atoms with Crippen molar-refractivity contribution in [2.45, 2.75) is 6.92 Å². The molecule has 2 aromatic carbocycles. The number of methoxy groups -OCH3 is 1. The summed E-state index contributed by atoms with van der Waals surface area (Å²) in [5.74, 6) is -0.636. The maximum atomic E-state index is 13.6. The Morgan fingerprint density at radius 1 is 1.04 bits per heavy atom. The van der Waals surface area contributed by atoms with Crippen LogP contribution < -0.4 is 9.64 Å². The Hall–Kier alpha value is -3.09. The first-order valence-electron chi connectivity index (χ1n) is 9.08. The van der Waals surface area contributed by atoms with E-state index in [1.165, 1.54) is 12.1 Å². The highest BCUT2D eigenvalue weighted by Gasteiger charge is 2.22. The second kappa shape index (κ2) is 8.73. The number of amides is 1. The molecule has 0 aromatic heterocycles. The summed E-state index contributed by atoms with van der Waals surface area (Å²) in [5, 5.41) is 0. The molecule has 0 aliphatic carbocycles. The Kier molecular flexibility index (Phi) is 6.13. The number of nitrogens with zero attached hydrogens (tertiary/aromatic N) is 2. The van der Waals surface area contributed by atoms with Gasteiger partial charge in [0.05, 0.1) is 12.7 Å². The summed E-state index contributed by atoms with van der Waals surface area (Å²) in [7, 11) is 1.63. The van der Waals surface area contributed by atoms with E-state index >= 15 is 0 Å². The third-order valence-electron chi connectivity index (χ3n) is 4.80. The van der Waals surface area contributed by atoms with Crippen molar-refractivity contribution in [1.29, 1.82) is 0 Å². The highest BCUT2D eigenvalue weighted by Crippen LogP contribution is 2.20. The standard InChI is InChI=1S/C21H23FN2O4/c1-15-3-4-16(13-19(15)22)21(26)28-14-20(25)24-11-9-23(10-12-24)17-5-7-18(27-2)8-6-17/h3-8,13H,9-12,14H2,1-2H3. The molecule has 1 saturated heterocycles. The molecule has 7 heteroatoms. The summed E-state index contributed by atoms with van der Waals surface area (Å²) in [6, 6.07) is 11.9. The number of aryl methyl sites for hydroxylation is 1. The fourth-order valence-corrected chi connectivity index (χ4v) is 3.03. The number of anilines is 1. The molecule has 0 spiro atoms. The summed E-state index contributed by atoms with van der Waals surface area (Å²) in [6.07, 6.45) is 0. The lowest BCUT2D eigenvalue weighted by molar-refractivity contribution is -0.134. The zero-order valence-corrected chi connectivity index (χ0v) is 16.0. The van der Waals surface area contributed by atoms with Crippen molar-refractivity contribution in [2.24, 2.45) is 0 Å². The highest BCUT2D eigenvalue weighted by atomic mass is 19.1. The molecule has 1 aliphatic heterocycles. The molecule has 1 amide bonds. The van der Waals surface area contributed by atoms with E-state index in [0.717, 1.165) is 17.5 Å². The van der Waals surface area contributed by atoms with E-state index in [0.29, 0.717) is 31.7 Å². The minimum absolute atomic E-state index is 0.0974. The molecule has 3 rings (SSSR count). The molecule has 1 heterocycles. The lowest BCUT2D eigenvalue weighted by Crippen LogP contribution is -2.49. The van der Waals surface area contributed by atoms with Gasteiger partial charge in [0.2, 0.25) is 0 Å². The van der Waals surface area contributed by atoms with E-state index < -0.39 is 11.8 Å². The maximum Gasteiger partial charge on any atom is 0.338 e. The summed E-state index contributed by atoms with van der Waals surface area (Å²) >= 11 is 0. The van der Waals surface area contributed by atoms with Crippen molar-refractivity contribution >= 4 is 17.6 Å². The van der Waals surface area contributed by atoms with Crippen molar-refractivity contribution in [3.63, 3.8) is 0 Å². The van der Waals surface area contributed by atoms with Crippen molar-refractivity contribution in [3.8, 4) is 5.75 Å². The van der Waals surface area contributed by atoms with Crippen LogP contribution in [0.2, 0.25) is 0 Å². The van der Waals surface area contributed by atoms with Crippen LogP contribution in [0.15, 0.2) is 42.5 Å². The molecule has 2 aromatic rings. The van der Waals surface area contributed by atoms with Crippen LogP contribution in [0.5, 0.6) is 5.75 Å². The third kappa shape index (κ3) is 4.60. The van der Waals surface area contributed by atoms with E-state index in [1.54, 1.807) is 18.9 Å². The van der Waals surface area contributed by atoms with Crippen LogP contribution in [0, 0.1) is 12.7 Å². The van der Waals surface area contributed by atoms with Crippen molar-refractivity contribution in [1.82, 2.24) is 4.90 Å².